The summed E-state index contributed by atoms with van der Waals surface area (Å²) >= 11 is 0. The van der Waals surface area contributed by atoms with E-state index in [0.29, 0.717) is 0 Å². The van der Waals surface area contributed by atoms with Crippen molar-refractivity contribution in [2.75, 3.05) is 0 Å². The summed E-state index contributed by atoms with van der Waals surface area (Å²) in [5.74, 6) is -0.937. The average molecular weight is 138 g/mol. The molecule has 2 heteroatoms. The van der Waals surface area contributed by atoms with Crippen LogP contribution < -0.4 is 0 Å². The highest BCUT2D eigenvalue weighted by Gasteiger charge is 1.81. The van der Waals surface area contributed by atoms with Crippen molar-refractivity contribution < 1.29 is 9.90 Å². The number of aliphatic carboxylic acids is 1. The van der Waals surface area contributed by atoms with Crippen LogP contribution >= 0.6 is 0 Å². The van der Waals surface area contributed by atoms with Crippen molar-refractivity contribution >= 4 is 5.97 Å². The molecule has 0 bridgehead atoms. The largest absolute Gasteiger partial charge is 0.478 e. The molecule has 0 saturated heterocycles. The molecule has 1 N–H and O–H groups in total. The lowest BCUT2D eigenvalue weighted by atomic mass is 10.3. The van der Waals surface area contributed by atoms with Crippen molar-refractivity contribution in [2.24, 2.45) is 0 Å². The van der Waals surface area contributed by atoms with E-state index in [-0.39, 0.29) is 0 Å². The summed E-state index contributed by atoms with van der Waals surface area (Å²) in [4.78, 5) is 9.93. The molecule has 54 valence electrons. The molecule has 0 aromatic carbocycles. The van der Waals surface area contributed by atoms with Crippen LogP contribution in [0.4, 0.5) is 0 Å². The molecule has 0 amide bonds. The molecule has 0 saturated carbocycles. The monoisotopic (exact) mass is 138 g/mol. The Morgan fingerprint density at radius 3 is 2.60 bits per heavy atom. The van der Waals surface area contributed by atoms with Gasteiger partial charge in [-0.25, -0.2) is 4.79 Å². The van der Waals surface area contributed by atoms with Gasteiger partial charge in [0.1, 0.15) is 0 Å². The van der Waals surface area contributed by atoms with E-state index in [1.807, 2.05) is 6.92 Å². The molecule has 0 aromatic heterocycles. The molecule has 0 rings (SSSR count). The second-order valence-corrected chi connectivity index (χ2v) is 1.81. The maximum absolute atomic E-state index is 9.93. The molecule has 0 unspecified atom stereocenters. The number of hydrogen-bond donors (Lipinski definition) is 1. The topological polar surface area (TPSA) is 37.3 Å². The summed E-state index contributed by atoms with van der Waals surface area (Å²) in [7, 11) is 0. The zero-order valence-corrected chi connectivity index (χ0v) is 5.87. The second-order valence-electron chi connectivity index (χ2n) is 1.81. The zero-order chi connectivity index (χ0) is 7.98. The molecule has 2 nitrogen and oxygen atoms in total. The van der Waals surface area contributed by atoms with Crippen LogP contribution in [0.3, 0.4) is 0 Å². The van der Waals surface area contributed by atoms with Gasteiger partial charge in [0.25, 0.3) is 0 Å². The van der Waals surface area contributed by atoms with Gasteiger partial charge in [-0.15, -0.1) is 0 Å². The first kappa shape index (κ1) is 8.69. The minimum atomic E-state index is -0.937. The first-order chi connectivity index (χ1) is 4.66. The summed E-state index contributed by atoms with van der Waals surface area (Å²) < 4.78 is 0. The van der Waals surface area contributed by atoms with Crippen LogP contribution in [0.25, 0.3) is 0 Å². The minimum Gasteiger partial charge on any atom is -0.478 e. The Morgan fingerprint density at radius 2 is 2.20 bits per heavy atom. The van der Waals surface area contributed by atoms with E-state index in [0.717, 1.165) is 11.6 Å². The van der Waals surface area contributed by atoms with Crippen LogP contribution in [-0.2, 0) is 4.79 Å². The molecule has 0 radical (unpaired) electrons. The van der Waals surface area contributed by atoms with E-state index >= 15 is 0 Å². The van der Waals surface area contributed by atoms with Gasteiger partial charge < -0.3 is 5.11 Å². The molecular weight excluding hydrogens is 128 g/mol. The normalized spacial score (nSPS) is 11.9. The molecule has 0 spiro atoms. The Hall–Kier alpha value is -1.31. The SMILES string of the molecule is C=C/C(C)=C\C=C\C(=O)O. The lowest BCUT2D eigenvalue weighted by Crippen LogP contribution is -1.84. The smallest absolute Gasteiger partial charge is 0.328 e. The van der Waals surface area contributed by atoms with Crippen molar-refractivity contribution in [3.63, 3.8) is 0 Å². The number of carboxylic acids is 1. The lowest BCUT2D eigenvalue weighted by Gasteiger charge is -1.82. The Bertz CT molecular complexity index is 187. The van der Waals surface area contributed by atoms with Gasteiger partial charge >= 0.3 is 5.97 Å². The predicted octanol–water partition coefficient (Wildman–Crippen LogP) is 1.76. The van der Waals surface area contributed by atoms with E-state index in [1.54, 1.807) is 12.2 Å². The molecule has 10 heavy (non-hydrogen) atoms. The predicted molar refractivity (Wildman–Crippen MR) is 40.7 cm³/mol. The maximum Gasteiger partial charge on any atom is 0.328 e. The maximum atomic E-state index is 9.93. The van der Waals surface area contributed by atoms with Crippen molar-refractivity contribution in [2.45, 2.75) is 6.92 Å². The standard InChI is InChI=1S/C8H10O2/c1-3-7(2)5-4-6-8(9)10/h3-6H,1H2,2H3,(H,9,10)/b6-4+,7-5-. The van der Waals surface area contributed by atoms with Crippen LogP contribution in [0, 0.1) is 0 Å². The van der Waals surface area contributed by atoms with Crippen molar-refractivity contribution in [3.05, 3.63) is 36.5 Å². The third kappa shape index (κ3) is 4.84. The van der Waals surface area contributed by atoms with Crippen LogP contribution in [0.15, 0.2) is 36.5 Å². The van der Waals surface area contributed by atoms with Crippen molar-refractivity contribution in [3.8, 4) is 0 Å². The summed E-state index contributed by atoms with van der Waals surface area (Å²) in [5.41, 5.74) is 0.942. The van der Waals surface area contributed by atoms with Gasteiger partial charge in [0.05, 0.1) is 0 Å². The molecule has 0 aliphatic heterocycles. The Morgan fingerprint density at radius 1 is 1.60 bits per heavy atom. The van der Waals surface area contributed by atoms with E-state index in [9.17, 15) is 4.79 Å². The number of hydrogen-bond acceptors (Lipinski definition) is 1. The van der Waals surface area contributed by atoms with E-state index in [4.69, 9.17) is 5.11 Å². The summed E-state index contributed by atoms with van der Waals surface area (Å²) in [6, 6.07) is 0. The number of carboxylic acid groups (broad SMARTS) is 1. The first-order valence-corrected chi connectivity index (χ1v) is 2.87. The van der Waals surface area contributed by atoms with E-state index < -0.39 is 5.97 Å². The van der Waals surface area contributed by atoms with Gasteiger partial charge in [-0.1, -0.05) is 30.4 Å². The molecule has 0 aliphatic carbocycles. The van der Waals surface area contributed by atoms with Gasteiger partial charge in [0, 0.05) is 6.08 Å². The second kappa shape index (κ2) is 4.56. The molecule has 0 heterocycles. The van der Waals surface area contributed by atoms with Gasteiger partial charge in [-0.2, -0.15) is 0 Å². The Kier molecular flexibility index (Phi) is 3.96. The minimum absolute atomic E-state index is 0.937. The number of rotatable bonds is 3. The molecule has 0 atom stereocenters. The molecule has 0 aromatic rings. The summed E-state index contributed by atoms with van der Waals surface area (Å²) in [6.07, 6.45) is 5.89. The highest BCUT2D eigenvalue weighted by atomic mass is 16.4. The van der Waals surface area contributed by atoms with Gasteiger partial charge in [-0.3, -0.25) is 0 Å². The number of carbonyl (C=O) groups is 1. The molecule has 0 fully saturated rings. The van der Waals surface area contributed by atoms with Crippen molar-refractivity contribution in [1.82, 2.24) is 0 Å². The highest BCUT2D eigenvalue weighted by Crippen LogP contribution is 1.91. The first-order valence-electron chi connectivity index (χ1n) is 2.87. The lowest BCUT2D eigenvalue weighted by molar-refractivity contribution is -0.131. The van der Waals surface area contributed by atoms with Crippen LogP contribution in [0.5, 0.6) is 0 Å². The fraction of sp³-hybridized carbons (Fsp3) is 0.125. The fourth-order valence-corrected chi connectivity index (χ4v) is 0.350. The quantitative estimate of drug-likeness (QED) is 0.476. The van der Waals surface area contributed by atoms with Gasteiger partial charge in [0.2, 0.25) is 0 Å². The van der Waals surface area contributed by atoms with Crippen LogP contribution in [0.2, 0.25) is 0 Å². The third-order valence-electron chi connectivity index (χ3n) is 0.920. The van der Waals surface area contributed by atoms with E-state index in [2.05, 4.69) is 6.58 Å². The van der Waals surface area contributed by atoms with Gasteiger partial charge in [-0.05, 0) is 6.92 Å². The van der Waals surface area contributed by atoms with Crippen LogP contribution in [0.1, 0.15) is 6.92 Å². The van der Waals surface area contributed by atoms with E-state index in [1.165, 1.54) is 6.08 Å². The van der Waals surface area contributed by atoms with Gasteiger partial charge in [0.15, 0.2) is 0 Å². The highest BCUT2D eigenvalue weighted by molar-refractivity contribution is 5.80. The Balaban J connectivity index is 3.93. The average Bonchev–Trinajstić information content (AvgIpc) is 1.87. The fourth-order valence-electron chi connectivity index (χ4n) is 0.350. The van der Waals surface area contributed by atoms with Crippen LogP contribution in [-0.4, -0.2) is 11.1 Å². The third-order valence-corrected chi connectivity index (χ3v) is 0.920. The number of allylic oxidation sites excluding steroid dienone is 4. The van der Waals surface area contributed by atoms with Crippen molar-refractivity contribution in [1.29, 1.82) is 0 Å². The summed E-state index contributed by atoms with van der Waals surface area (Å²) in [6.45, 7) is 5.36. The Labute approximate surface area is 60.2 Å². The molecule has 0 aliphatic rings. The summed E-state index contributed by atoms with van der Waals surface area (Å²) in [5, 5.41) is 8.16. The molecular formula is C8H10O2. The zero-order valence-electron chi connectivity index (χ0n) is 5.87.